The molecule has 1 heterocycles. The van der Waals surface area contributed by atoms with Crippen molar-refractivity contribution in [2.75, 3.05) is 6.61 Å². The van der Waals surface area contributed by atoms with E-state index in [1.165, 1.54) is 6.07 Å². The zero-order valence-electron chi connectivity index (χ0n) is 10.4. The van der Waals surface area contributed by atoms with Crippen molar-refractivity contribution in [2.24, 2.45) is 0 Å². The van der Waals surface area contributed by atoms with Gasteiger partial charge in [0.15, 0.2) is 0 Å². The molecule has 0 radical (unpaired) electrons. The summed E-state index contributed by atoms with van der Waals surface area (Å²) in [6, 6.07) is 8.27. The van der Waals surface area contributed by atoms with Crippen LogP contribution in [0.4, 0.5) is 4.39 Å². The molecular formula is C14H13BrFNO2. The first-order valence-electron chi connectivity index (χ1n) is 5.88. The average Bonchev–Trinajstić information content (AvgIpc) is 2.82. The zero-order chi connectivity index (χ0) is 13.8. The number of aromatic nitrogens is 1. The number of hydrogen-bond acceptors (Lipinski definition) is 2. The van der Waals surface area contributed by atoms with E-state index in [9.17, 15) is 9.18 Å². The summed E-state index contributed by atoms with van der Waals surface area (Å²) in [5.41, 5.74) is 1.39. The molecule has 0 fully saturated rings. The van der Waals surface area contributed by atoms with Crippen molar-refractivity contribution in [3.05, 3.63) is 58.1 Å². The van der Waals surface area contributed by atoms with Crippen molar-refractivity contribution >= 4 is 21.9 Å². The molecule has 0 amide bonds. The molecule has 0 aliphatic rings. The maximum Gasteiger partial charge on any atom is 0.354 e. The Bertz CT molecular complexity index is 595. The smallest absolute Gasteiger partial charge is 0.354 e. The Labute approximate surface area is 119 Å². The Morgan fingerprint density at radius 3 is 2.89 bits per heavy atom. The van der Waals surface area contributed by atoms with Crippen LogP contribution in [-0.2, 0) is 11.3 Å². The largest absolute Gasteiger partial charge is 0.461 e. The van der Waals surface area contributed by atoms with Gasteiger partial charge in [-0.1, -0.05) is 6.07 Å². The standard InChI is InChI=1S/C14H13BrFNO2/c1-2-19-14(18)13-4-3-7-17(13)9-10-5-6-12(16)11(15)8-10/h3-8H,2,9H2,1H3. The molecule has 0 aliphatic carbocycles. The van der Waals surface area contributed by atoms with Gasteiger partial charge in [-0.25, -0.2) is 9.18 Å². The summed E-state index contributed by atoms with van der Waals surface area (Å²) in [5, 5.41) is 0. The van der Waals surface area contributed by atoms with E-state index in [2.05, 4.69) is 15.9 Å². The number of esters is 1. The maximum absolute atomic E-state index is 13.2. The Morgan fingerprint density at radius 1 is 1.42 bits per heavy atom. The Hall–Kier alpha value is -1.62. The highest BCUT2D eigenvalue weighted by atomic mass is 79.9. The van der Waals surface area contributed by atoms with Crippen molar-refractivity contribution in [3.63, 3.8) is 0 Å². The summed E-state index contributed by atoms with van der Waals surface area (Å²) in [4.78, 5) is 11.7. The van der Waals surface area contributed by atoms with E-state index in [1.54, 1.807) is 42.0 Å². The van der Waals surface area contributed by atoms with Crippen LogP contribution in [0.1, 0.15) is 23.0 Å². The molecular weight excluding hydrogens is 313 g/mol. The lowest BCUT2D eigenvalue weighted by atomic mass is 10.2. The maximum atomic E-state index is 13.2. The molecule has 0 unspecified atom stereocenters. The fourth-order valence-corrected chi connectivity index (χ4v) is 2.20. The normalized spacial score (nSPS) is 10.5. The topological polar surface area (TPSA) is 31.2 Å². The van der Waals surface area contributed by atoms with Gasteiger partial charge in [-0.15, -0.1) is 0 Å². The molecule has 5 heteroatoms. The van der Waals surface area contributed by atoms with E-state index < -0.39 is 0 Å². The quantitative estimate of drug-likeness (QED) is 0.804. The van der Waals surface area contributed by atoms with Gasteiger partial charge >= 0.3 is 5.97 Å². The van der Waals surface area contributed by atoms with E-state index in [4.69, 9.17) is 4.74 Å². The van der Waals surface area contributed by atoms with Crippen molar-refractivity contribution in [1.82, 2.24) is 4.57 Å². The zero-order valence-corrected chi connectivity index (χ0v) is 12.0. The molecule has 0 aliphatic heterocycles. The summed E-state index contributed by atoms with van der Waals surface area (Å²) in [6.45, 7) is 2.59. The van der Waals surface area contributed by atoms with Crippen molar-refractivity contribution < 1.29 is 13.9 Å². The molecule has 0 atom stereocenters. The molecule has 1 aromatic carbocycles. The summed E-state index contributed by atoms with van der Waals surface area (Å²) < 4.78 is 20.3. The van der Waals surface area contributed by atoms with Gasteiger partial charge in [0.2, 0.25) is 0 Å². The Morgan fingerprint density at radius 2 is 2.21 bits per heavy atom. The van der Waals surface area contributed by atoms with E-state index >= 15 is 0 Å². The van der Waals surface area contributed by atoms with E-state index in [0.717, 1.165) is 5.56 Å². The molecule has 2 rings (SSSR count). The second-order valence-electron chi connectivity index (χ2n) is 3.99. The third-order valence-electron chi connectivity index (χ3n) is 2.65. The SMILES string of the molecule is CCOC(=O)c1cccn1Cc1ccc(F)c(Br)c1. The molecule has 19 heavy (non-hydrogen) atoms. The van der Waals surface area contributed by atoms with Crippen LogP contribution in [-0.4, -0.2) is 17.1 Å². The molecule has 0 bridgehead atoms. The van der Waals surface area contributed by atoms with Gasteiger partial charge < -0.3 is 9.30 Å². The van der Waals surface area contributed by atoms with Gasteiger partial charge in [0.1, 0.15) is 11.5 Å². The third-order valence-corrected chi connectivity index (χ3v) is 3.26. The van der Waals surface area contributed by atoms with Gasteiger partial charge in [0.25, 0.3) is 0 Å². The lowest BCUT2D eigenvalue weighted by Gasteiger charge is -2.09. The minimum absolute atomic E-state index is 0.304. The minimum Gasteiger partial charge on any atom is -0.461 e. The van der Waals surface area contributed by atoms with Gasteiger partial charge in [-0.2, -0.15) is 0 Å². The van der Waals surface area contributed by atoms with Crippen LogP contribution in [0.15, 0.2) is 41.0 Å². The molecule has 0 saturated carbocycles. The lowest BCUT2D eigenvalue weighted by molar-refractivity contribution is 0.0514. The number of rotatable bonds is 4. The van der Waals surface area contributed by atoms with Crippen LogP contribution >= 0.6 is 15.9 Å². The summed E-state index contributed by atoms with van der Waals surface area (Å²) in [6.07, 6.45) is 1.80. The average molecular weight is 326 g/mol. The molecule has 2 aromatic rings. The highest BCUT2D eigenvalue weighted by Crippen LogP contribution is 2.18. The second-order valence-corrected chi connectivity index (χ2v) is 4.84. The predicted octanol–water partition coefficient (Wildman–Crippen LogP) is 3.61. The van der Waals surface area contributed by atoms with Gasteiger partial charge in [-0.05, 0) is 52.7 Å². The van der Waals surface area contributed by atoms with Crippen LogP contribution < -0.4 is 0 Å². The molecule has 3 nitrogen and oxygen atoms in total. The number of benzene rings is 1. The van der Waals surface area contributed by atoms with Gasteiger partial charge in [0, 0.05) is 12.7 Å². The van der Waals surface area contributed by atoms with Crippen LogP contribution in [0.3, 0.4) is 0 Å². The fraction of sp³-hybridized carbons (Fsp3) is 0.214. The minimum atomic E-state index is -0.353. The van der Waals surface area contributed by atoms with E-state index in [-0.39, 0.29) is 11.8 Å². The Balaban J connectivity index is 2.21. The van der Waals surface area contributed by atoms with Crippen LogP contribution in [0.5, 0.6) is 0 Å². The number of carbonyl (C=O) groups is 1. The monoisotopic (exact) mass is 325 g/mol. The van der Waals surface area contributed by atoms with Gasteiger partial charge in [-0.3, -0.25) is 0 Å². The third kappa shape index (κ3) is 3.23. The number of nitrogens with zero attached hydrogens (tertiary/aromatic N) is 1. The number of ether oxygens (including phenoxy) is 1. The van der Waals surface area contributed by atoms with Crippen LogP contribution in [0.25, 0.3) is 0 Å². The first-order chi connectivity index (χ1) is 9.11. The lowest BCUT2D eigenvalue weighted by Crippen LogP contribution is -2.12. The Kier molecular flexibility index (Phi) is 4.37. The second kappa shape index (κ2) is 6.02. The molecule has 1 aromatic heterocycles. The molecule has 0 N–H and O–H groups in total. The number of hydrogen-bond donors (Lipinski definition) is 0. The van der Waals surface area contributed by atoms with Crippen LogP contribution in [0.2, 0.25) is 0 Å². The summed E-state index contributed by atoms with van der Waals surface area (Å²) >= 11 is 3.15. The predicted molar refractivity (Wildman–Crippen MR) is 73.6 cm³/mol. The van der Waals surface area contributed by atoms with Gasteiger partial charge in [0.05, 0.1) is 11.1 Å². The first kappa shape index (κ1) is 13.8. The van der Waals surface area contributed by atoms with Crippen molar-refractivity contribution in [3.8, 4) is 0 Å². The van der Waals surface area contributed by atoms with Crippen molar-refractivity contribution in [2.45, 2.75) is 13.5 Å². The number of carbonyl (C=O) groups excluding carboxylic acids is 1. The summed E-state index contributed by atoms with van der Waals surface area (Å²) in [7, 11) is 0. The van der Waals surface area contributed by atoms with Crippen LogP contribution in [0, 0.1) is 5.82 Å². The van der Waals surface area contributed by atoms with E-state index in [0.29, 0.717) is 23.3 Å². The molecule has 0 spiro atoms. The highest BCUT2D eigenvalue weighted by Gasteiger charge is 2.12. The number of halogens is 2. The fourth-order valence-electron chi connectivity index (χ4n) is 1.78. The highest BCUT2D eigenvalue weighted by molar-refractivity contribution is 9.10. The van der Waals surface area contributed by atoms with E-state index in [1.807, 2.05) is 0 Å². The summed E-state index contributed by atoms with van der Waals surface area (Å²) in [5.74, 6) is -0.657. The first-order valence-corrected chi connectivity index (χ1v) is 6.67. The molecule has 0 saturated heterocycles. The van der Waals surface area contributed by atoms with Crippen molar-refractivity contribution in [1.29, 1.82) is 0 Å². The molecule has 100 valence electrons.